The number of fused-ring (bicyclic) bond motifs is 2. The molecular formula is C16H22F2N2O. The van der Waals surface area contributed by atoms with Gasteiger partial charge in [0.15, 0.2) is 0 Å². The van der Waals surface area contributed by atoms with Crippen molar-refractivity contribution in [3.63, 3.8) is 0 Å². The molecule has 0 amide bonds. The number of halogens is 2. The van der Waals surface area contributed by atoms with Gasteiger partial charge in [-0.15, -0.1) is 0 Å². The molecule has 2 bridgehead atoms. The Morgan fingerprint density at radius 1 is 1.19 bits per heavy atom. The Morgan fingerprint density at radius 3 is 2.43 bits per heavy atom. The van der Waals surface area contributed by atoms with E-state index in [9.17, 15) is 8.78 Å². The van der Waals surface area contributed by atoms with Gasteiger partial charge in [0, 0.05) is 29.7 Å². The van der Waals surface area contributed by atoms with Crippen LogP contribution in [0.2, 0.25) is 0 Å². The number of piperidine rings is 1. The lowest BCUT2D eigenvalue weighted by atomic mass is 9.94. The Kier molecular flexibility index (Phi) is 4.13. The average molecular weight is 296 g/mol. The zero-order chi connectivity index (χ0) is 15.0. The smallest absolute Gasteiger partial charge is 0.387 e. The number of para-hydroxylation sites is 1. The highest BCUT2D eigenvalue weighted by Crippen LogP contribution is 2.42. The Bertz CT molecular complexity index is 483. The number of nitrogens with two attached hydrogens (primary N) is 1. The minimum atomic E-state index is -2.79. The first kappa shape index (κ1) is 14.7. The molecular weight excluding hydrogens is 274 g/mol. The molecule has 0 aromatic heterocycles. The van der Waals surface area contributed by atoms with Crippen molar-refractivity contribution in [2.45, 2.75) is 63.4 Å². The first-order valence-corrected chi connectivity index (χ1v) is 7.63. The van der Waals surface area contributed by atoms with E-state index in [0.717, 1.165) is 31.2 Å². The summed E-state index contributed by atoms with van der Waals surface area (Å²) in [5.41, 5.74) is 6.94. The van der Waals surface area contributed by atoms with Gasteiger partial charge in [-0.3, -0.25) is 4.90 Å². The summed E-state index contributed by atoms with van der Waals surface area (Å²) in [7, 11) is 0. The fourth-order valence-corrected chi connectivity index (χ4v) is 4.08. The highest BCUT2D eigenvalue weighted by atomic mass is 19.3. The van der Waals surface area contributed by atoms with Crippen LogP contribution in [0.25, 0.3) is 0 Å². The molecule has 2 fully saturated rings. The van der Waals surface area contributed by atoms with Crippen LogP contribution in [-0.4, -0.2) is 29.6 Å². The molecule has 2 aliphatic rings. The molecule has 0 radical (unpaired) electrons. The van der Waals surface area contributed by atoms with Crippen LogP contribution in [0.15, 0.2) is 24.3 Å². The van der Waals surface area contributed by atoms with E-state index in [1.165, 1.54) is 0 Å². The maximum atomic E-state index is 12.6. The standard InChI is InChI=1S/C16H22F2N2O/c1-10(14-4-2-3-5-15(14)21-16(17)18)20-12-6-7-13(20)9-11(19)8-12/h2-5,10-13,16H,6-9,19H2,1H3. The molecule has 3 rings (SSSR count). The van der Waals surface area contributed by atoms with Crippen LogP contribution in [0.3, 0.4) is 0 Å². The summed E-state index contributed by atoms with van der Waals surface area (Å²) in [5.74, 6) is 0.286. The lowest BCUT2D eigenvalue weighted by Gasteiger charge is -2.42. The van der Waals surface area contributed by atoms with E-state index >= 15 is 0 Å². The molecule has 5 heteroatoms. The van der Waals surface area contributed by atoms with E-state index in [1.54, 1.807) is 12.1 Å². The topological polar surface area (TPSA) is 38.5 Å². The van der Waals surface area contributed by atoms with Crippen LogP contribution in [0.4, 0.5) is 8.78 Å². The van der Waals surface area contributed by atoms with Gasteiger partial charge in [-0.05, 0) is 38.7 Å². The van der Waals surface area contributed by atoms with Crippen LogP contribution < -0.4 is 10.5 Å². The summed E-state index contributed by atoms with van der Waals surface area (Å²) >= 11 is 0. The van der Waals surface area contributed by atoms with Crippen LogP contribution in [-0.2, 0) is 0 Å². The fraction of sp³-hybridized carbons (Fsp3) is 0.625. The number of benzene rings is 1. The van der Waals surface area contributed by atoms with Gasteiger partial charge >= 0.3 is 6.61 Å². The summed E-state index contributed by atoms with van der Waals surface area (Å²) in [4.78, 5) is 2.46. The molecule has 2 saturated heterocycles. The minimum Gasteiger partial charge on any atom is -0.434 e. The summed E-state index contributed by atoms with van der Waals surface area (Å²) in [6, 6.07) is 8.40. The lowest BCUT2D eigenvalue weighted by molar-refractivity contribution is -0.0515. The van der Waals surface area contributed by atoms with Crippen molar-refractivity contribution in [3.05, 3.63) is 29.8 Å². The quantitative estimate of drug-likeness (QED) is 0.926. The molecule has 0 spiro atoms. The highest BCUT2D eigenvalue weighted by Gasteiger charge is 2.42. The van der Waals surface area contributed by atoms with Crippen molar-refractivity contribution in [1.29, 1.82) is 0 Å². The SMILES string of the molecule is CC(c1ccccc1OC(F)F)N1C2CCC1CC(N)C2. The third-order valence-corrected chi connectivity index (χ3v) is 4.86. The van der Waals surface area contributed by atoms with Gasteiger partial charge in [-0.1, -0.05) is 18.2 Å². The summed E-state index contributed by atoms with van der Waals surface area (Å²) in [5, 5.41) is 0. The summed E-state index contributed by atoms with van der Waals surface area (Å²) in [6.45, 7) is -0.708. The van der Waals surface area contributed by atoms with E-state index in [-0.39, 0.29) is 17.8 Å². The van der Waals surface area contributed by atoms with Crippen LogP contribution >= 0.6 is 0 Å². The first-order chi connectivity index (χ1) is 10.1. The third-order valence-electron chi connectivity index (χ3n) is 4.86. The molecule has 2 aliphatic heterocycles. The van der Waals surface area contributed by atoms with Gasteiger partial charge in [0.25, 0.3) is 0 Å². The van der Waals surface area contributed by atoms with Crippen LogP contribution in [0, 0.1) is 0 Å². The van der Waals surface area contributed by atoms with Gasteiger partial charge in [-0.2, -0.15) is 8.78 Å². The summed E-state index contributed by atoms with van der Waals surface area (Å²) < 4.78 is 29.8. The molecule has 3 atom stereocenters. The van der Waals surface area contributed by atoms with Gasteiger partial charge in [-0.25, -0.2) is 0 Å². The zero-order valence-corrected chi connectivity index (χ0v) is 12.2. The van der Waals surface area contributed by atoms with E-state index in [0.29, 0.717) is 12.1 Å². The van der Waals surface area contributed by atoms with Crippen molar-refractivity contribution in [2.75, 3.05) is 0 Å². The van der Waals surface area contributed by atoms with Crippen LogP contribution in [0.5, 0.6) is 5.75 Å². The Hall–Kier alpha value is -1.20. The molecule has 1 aromatic carbocycles. The molecule has 116 valence electrons. The normalized spacial score (nSPS) is 30.6. The number of alkyl halides is 2. The second-order valence-corrected chi connectivity index (χ2v) is 6.16. The Morgan fingerprint density at radius 2 is 1.81 bits per heavy atom. The predicted molar refractivity (Wildman–Crippen MR) is 77.3 cm³/mol. The van der Waals surface area contributed by atoms with Crippen LogP contribution in [0.1, 0.15) is 44.2 Å². The molecule has 1 aromatic rings. The van der Waals surface area contributed by atoms with Crippen molar-refractivity contribution in [3.8, 4) is 5.75 Å². The van der Waals surface area contributed by atoms with Gasteiger partial charge < -0.3 is 10.5 Å². The van der Waals surface area contributed by atoms with Crippen molar-refractivity contribution >= 4 is 0 Å². The lowest BCUT2D eigenvalue weighted by Crippen LogP contribution is -2.48. The van der Waals surface area contributed by atoms with Crippen molar-refractivity contribution in [1.82, 2.24) is 4.90 Å². The molecule has 3 nitrogen and oxygen atoms in total. The monoisotopic (exact) mass is 296 g/mol. The van der Waals surface area contributed by atoms with Gasteiger partial charge in [0.05, 0.1) is 0 Å². The second-order valence-electron chi connectivity index (χ2n) is 6.16. The number of nitrogens with zero attached hydrogens (tertiary/aromatic N) is 1. The number of hydrogen-bond donors (Lipinski definition) is 1. The molecule has 2 N–H and O–H groups in total. The fourth-order valence-electron chi connectivity index (χ4n) is 4.08. The first-order valence-electron chi connectivity index (χ1n) is 7.63. The van der Waals surface area contributed by atoms with E-state index in [1.807, 2.05) is 12.1 Å². The molecule has 3 unspecified atom stereocenters. The van der Waals surface area contributed by atoms with Crippen molar-refractivity contribution < 1.29 is 13.5 Å². The molecule has 0 saturated carbocycles. The maximum absolute atomic E-state index is 12.6. The van der Waals surface area contributed by atoms with Crippen molar-refractivity contribution in [2.24, 2.45) is 5.73 Å². The Labute approximate surface area is 124 Å². The van der Waals surface area contributed by atoms with Gasteiger partial charge in [0.2, 0.25) is 0 Å². The highest BCUT2D eigenvalue weighted by molar-refractivity contribution is 5.36. The summed E-state index contributed by atoms with van der Waals surface area (Å²) in [6.07, 6.45) is 4.30. The third kappa shape index (κ3) is 2.90. The second kappa shape index (κ2) is 5.89. The Balaban J connectivity index is 1.84. The maximum Gasteiger partial charge on any atom is 0.387 e. The van der Waals surface area contributed by atoms with E-state index in [2.05, 4.69) is 16.6 Å². The molecule has 2 heterocycles. The largest absolute Gasteiger partial charge is 0.434 e. The number of hydrogen-bond acceptors (Lipinski definition) is 3. The minimum absolute atomic E-state index is 0.0740. The van der Waals surface area contributed by atoms with E-state index in [4.69, 9.17) is 5.73 Å². The molecule has 0 aliphatic carbocycles. The van der Waals surface area contributed by atoms with E-state index < -0.39 is 6.61 Å². The number of rotatable bonds is 4. The zero-order valence-electron chi connectivity index (χ0n) is 12.2. The van der Waals surface area contributed by atoms with Gasteiger partial charge in [0.1, 0.15) is 5.75 Å². The molecule has 21 heavy (non-hydrogen) atoms. The predicted octanol–water partition coefficient (Wildman–Crippen LogP) is 3.30. The average Bonchev–Trinajstić information content (AvgIpc) is 2.70. The number of ether oxygens (including phenoxy) is 1.